The molecule has 0 saturated heterocycles. The lowest BCUT2D eigenvalue weighted by Gasteiger charge is -2.63. The summed E-state index contributed by atoms with van der Waals surface area (Å²) in [4.78, 5) is 5.50. The molecule has 6 aliphatic rings. The molecule has 0 unspecified atom stereocenters. The first-order valence-electron chi connectivity index (χ1n) is 21.3. The second kappa shape index (κ2) is 12.7. The van der Waals surface area contributed by atoms with Crippen LogP contribution in [0.4, 0.5) is 17.1 Å². The van der Waals surface area contributed by atoms with Gasteiger partial charge in [0.05, 0.1) is 5.69 Å². The van der Waals surface area contributed by atoms with Gasteiger partial charge in [-0.25, -0.2) is 0 Å². The zero-order chi connectivity index (χ0) is 37.8. The summed E-state index contributed by atoms with van der Waals surface area (Å²) in [6.45, 7) is 9.76. The van der Waals surface area contributed by atoms with Gasteiger partial charge in [-0.15, -0.1) is 0 Å². The fraction of sp³-hybridized carbons (Fsp3) is 0.333. The van der Waals surface area contributed by atoms with Crippen LogP contribution in [0.3, 0.4) is 0 Å². The fourth-order valence-corrected chi connectivity index (χ4v) is 13.9. The molecule has 1 nitrogen and oxygen atoms in total. The lowest BCUT2D eigenvalue weighted by atomic mass is 9.42. The van der Waals surface area contributed by atoms with Gasteiger partial charge < -0.3 is 4.90 Å². The Hall–Kier alpha value is -4.53. The van der Waals surface area contributed by atoms with Gasteiger partial charge in [-0.1, -0.05) is 137 Å². The molecular formula is C54H53NS. The Morgan fingerprint density at radius 2 is 1.00 bits per heavy atom. The molecule has 0 amide bonds. The molecule has 12 rings (SSSR count). The Bertz CT molecular complexity index is 2430. The van der Waals surface area contributed by atoms with Crippen molar-refractivity contribution in [2.45, 2.75) is 98.7 Å². The minimum Gasteiger partial charge on any atom is -0.310 e. The molecule has 1 heterocycles. The number of benzene rings is 6. The van der Waals surface area contributed by atoms with Crippen molar-refractivity contribution < 1.29 is 0 Å². The van der Waals surface area contributed by atoms with Gasteiger partial charge in [-0.05, 0) is 166 Å². The van der Waals surface area contributed by atoms with Crippen molar-refractivity contribution in [2.75, 3.05) is 4.90 Å². The van der Waals surface area contributed by atoms with Crippen LogP contribution >= 0.6 is 11.8 Å². The van der Waals surface area contributed by atoms with Crippen LogP contribution in [0.2, 0.25) is 0 Å². The van der Waals surface area contributed by atoms with E-state index in [1.807, 2.05) is 11.8 Å². The molecule has 280 valence electrons. The minimum absolute atomic E-state index is 0.0671. The summed E-state index contributed by atoms with van der Waals surface area (Å²) in [7, 11) is 0. The van der Waals surface area contributed by atoms with Crippen molar-refractivity contribution in [3.05, 3.63) is 162 Å². The van der Waals surface area contributed by atoms with Crippen LogP contribution in [0.1, 0.15) is 94.9 Å². The molecule has 0 aromatic heterocycles. The smallest absolute Gasteiger partial charge is 0.0502 e. The first-order chi connectivity index (χ1) is 27.2. The Morgan fingerprint density at radius 1 is 0.464 bits per heavy atom. The third-order valence-corrected chi connectivity index (χ3v) is 16.3. The first-order valence-corrected chi connectivity index (χ1v) is 22.1. The molecule has 1 spiro atoms. The van der Waals surface area contributed by atoms with Crippen LogP contribution in [-0.4, -0.2) is 0 Å². The van der Waals surface area contributed by atoms with Crippen LogP contribution in [0.15, 0.2) is 149 Å². The van der Waals surface area contributed by atoms with Gasteiger partial charge >= 0.3 is 0 Å². The van der Waals surface area contributed by atoms with E-state index < -0.39 is 0 Å². The van der Waals surface area contributed by atoms with Crippen LogP contribution in [0, 0.1) is 23.7 Å². The number of hydrogen-bond donors (Lipinski definition) is 0. The zero-order valence-electron chi connectivity index (χ0n) is 33.4. The summed E-state index contributed by atoms with van der Waals surface area (Å²) in [5.74, 6) is 3.45. The van der Waals surface area contributed by atoms with Crippen molar-refractivity contribution in [3.8, 4) is 22.3 Å². The van der Waals surface area contributed by atoms with Gasteiger partial charge in [0, 0.05) is 26.6 Å². The Morgan fingerprint density at radius 3 is 1.68 bits per heavy atom. The van der Waals surface area contributed by atoms with E-state index >= 15 is 0 Å². The molecule has 4 saturated carbocycles. The Labute approximate surface area is 338 Å². The van der Waals surface area contributed by atoms with E-state index in [0.29, 0.717) is 0 Å². The minimum atomic E-state index is 0.0671. The highest BCUT2D eigenvalue weighted by atomic mass is 32.2. The van der Waals surface area contributed by atoms with Crippen LogP contribution in [0.25, 0.3) is 22.3 Å². The van der Waals surface area contributed by atoms with Crippen LogP contribution < -0.4 is 4.90 Å². The van der Waals surface area contributed by atoms with Crippen molar-refractivity contribution in [2.24, 2.45) is 23.7 Å². The van der Waals surface area contributed by atoms with Crippen molar-refractivity contribution in [1.82, 2.24) is 0 Å². The van der Waals surface area contributed by atoms with Crippen LogP contribution in [-0.2, 0) is 16.2 Å². The summed E-state index contributed by atoms with van der Waals surface area (Å²) >= 11 is 2.02. The lowest BCUT2D eigenvalue weighted by Crippen LogP contribution is -2.57. The molecule has 6 aromatic carbocycles. The topological polar surface area (TPSA) is 3.24 Å². The van der Waals surface area contributed by atoms with E-state index in [1.54, 1.807) is 11.1 Å². The summed E-state index contributed by atoms with van der Waals surface area (Å²) in [5.41, 5.74) is 15.4. The molecule has 4 fully saturated rings. The van der Waals surface area contributed by atoms with Gasteiger partial charge in [-0.2, -0.15) is 0 Å². The molecular weight excluding hydrogens is 695 g/mol. The highest BCUT2D eigenvalue weighted by Crippen LogP contribution is 2.69. The molecule has 4 bridgehead atoms. The zero-order valence-corrected chi connectivity index (χ0v) is 34.2. The van der Waals surface area contributed by atoms with Gasteiger partial charge in [0.1, 0.15) is 0 Å². The number of nitrogens with zero attached hydrogens (tertiary/aromatic N) is 1. The summed E-state index contributed by atoms with van der Waals surface area (Å²) in [6, 6.07) is 53.5. The van der Waals surface area contributed by atoms with E-state index in [9.17, 15) is 0 Å². The highest BCUT2D eigenvalue weighted by molar-refractivity contribution is 7.99. The Balaban J connectivity index is 1.00. The second-order valence-corrected chi connectivity index (χ2v) is 20.3. The van der Waals surface area contributed by atoms with Gasteiger partial charge in [0.15, 0.2) is 0 Å². The quantitative estimate of drug-likeness (QED) is 0.173. The summed E-state index contributed by atoms with van der Waals surface area (Å²) in [5, 5.41) is 0. The van der Waals surface area contributed by atoms with Crippen molar-refractivity contribution >= 4 is 28.8 Å². The molecule has 0 atom stereocenters. The average molecular weight is 748 g/mol. The SMILES string of the molecule is CC1(C)CCC(C)(C)c2c(N(c3ccc(-c4ccccc4)cc3)c3ccc(-c4ccc5c(c4)Sc4ccccc4C54C5CC6CC(C5)CC4C6)cc3)cccc21. The van der Waals surface area contributed by atoms with Crippen molar-refractivity contribution in [3.63, 3.8) is 0 Å². The Kier molecular flexibility index (Phi) is 7.89. The molecule has 0 radical (unpaired) electrons. The summed E-state index contributed by atoms with van der Waals surface area (Å²) < 4.78 is 0. The lowest BCUT2D eigenvalue weighted by molar-refractivity contribution is -0.0443. The number of fused-ring (bicyclic) bond motifs is 3. The molecule has 5 aliphatic carbocycles. The molecule has 6 aromatic rings. The fourth-order valence-electron chi connectivity index (χ4n) is 12.6. The number of anilines is 3. The maximum Gasteiger partial charge on any atom is 0.0502 e. The van der Waals surface area contributed by atoms with E-state index in [4.69, 9.17) is 0 Å². The maximum absolute atomic E-state index is 2.56. The normalized spacial score (nSPS) is 26.0. The predicted molar refractivity (Wildman–Crippen MR) is 236 cm³/mol. The number of rotatable bonds is 5. The second-order valence-electron chi connectivity index (χ2n) is 19.2. The molecule has 0 N–H and O–H groups in total. The van der Waals surface area contributed by atoms with E-state index in [0.717, 1.165) is 23.7 Å². The van der Waals surface area contributed by atoms with Gasteiger partial charge in [0.2, 0.25) is 0 Å². The largest absolute Gasteiger partial charge is 0.310 e. The van der Waals surface area contributed by atoms with Gasteiger partial charge in [-0.3, -0.25) is 0 Å². The monoisotopic (exact) mass is 747 g/mol. The van der Waals surface area contributed by atoms with Crippen LogP contribution in [0.5, 0.6) is 0 Å². The van der Waals surface area contributed by atoms with E-state index in [2.05, 4.69) is 172 Å². The third-order valence-electron chi connectivity index (χ3n) is 15.2. The predicted octanol–water partition coefficient (Wildman–Crippen LogP) is 15.0. The number of hydrogen-bond acceptors (Lipinski definition) is 2. The van der Waals surface area contributed by atoms with Crippen molar-refractivity contribution in [1.29, 1.82) is 0 Å². The van der Waals surface area contributed by atoms with E-state index in [1.165, 1.54) is 105 Å². The third kappa shape index (κ3) is 5.27. The molecule has 1 aliphatic heterocycles. The standard InChI is InChI=1S/C54H53NS/c1-52(2)27-28-53(3,4)51-47(52)14-10-15-48(51)55(43-22-17-38(18-23-43)37-11-6-5-7-12-37)44-24-19-39(20-25-44)40-21-26-46-50(34-40)56-49-16-9-8-13-45(49)54(46)41-30-35-29-36(32-41)33-42(54)31-35/h5-26,34-36,41-42H,27-33H2,1-4H3. The van der Waals surface area contributed by atoms with E-state index in [-0.39, 0.29) is 16.2 Å². The summed E-state index contributed by atoms with van der Waals surface area (Å²) in [6.07, 6.45) is 9.53. The average Bonchev–Trinajstić information content (AvgIpc) is 3.21. The maximum atomic E-state index is 2.56. The van der Waals surface area contributed by atoms with Gasteiger partial charge in [0.25, 0.3) is 0 Å². The molecule has 56 heavy (non-hydrogen) atoms. The first kappa shape index (κ1) is 34.7. The molecule has 2 heteroatoms. The highest BCUT2D eigenvalue weighted by Gasteiger charge is 2.60.